The summed E-state index contributed by atoms with van der Waals surface area (Å²) in [6.07, 6.45) is 5.48. The number of halogens is 1. The first-order valence-corrected chi connectivity index (χ1v) is 3.61. The number of hydrogen-bond acceptors (Lipinski definition) is 2. The van der Waals surface area contributed by atoms with Crippen molar-refractivity contribution in [3.8, 4) is 0 Å². The minimum atomic E-state index is 0.717. The van der Waals surface area contributed by atoms with Crippen LogP contribution in [-0.2, 0) is 0 Å². The lowest BCUT2D eigenvalue weighted by atomic mass is 10.7. The molecule has 2 aromatic rings. The van der Waals surface area contributed by atoms with E-state index >= 15 is 0 Å². The molecular formula is C6H4BrN3. The van der Waals surface area contributed by atoms with Crippen LogP contribution in [0.25, 0.3) is 5.78 Å². The molecule has 50 valence electrons. The zero-order chi connectivity index (χ0) is 6.97. The molecule has 4 heteroatoms. The third kappa shape index (κ3) is 0.806. The molecule has 2 rings (SSSR count). The summed E-state index contributed by atoms with van der Waals surface area (Å²) in [6, 6.07) is 1.87. The molecule has 0 aliphatic rings. The quantitative estimate of drug-likeness (QED) is 0.600. The smallest absolute Gasteiger partial charge is 0.234 e. The summed E-state index contributed by atoms with van der Waals surface area (Å²) in [6.45, 7) is 0. The molecule has 0 radical (unpaired) electrons. The third-order valence-corrected chi connectivity index (χ3v) is 1.67. The van der Waals surface area contributed by atoms with Crippen molar-refractivity contribution in [2.75, 3.05) is 0 Å². The van der Waals surface area contributed by atoms with Crippen molar-refractivity contribution < 1.29 is 0 Å². The molecule has 0 unspecified atom stereocenters. The van der Waals surface area contributed by atoms with Crippen molar-refractivity contribution in [2.45, 2.75) is 0 Å². The largest absolute Gasteiger partial charge is 0.291 e. The molecule has 0 spiro atoms. The predicted octanol–water partition coefficient (Wildman–Crippen LogP) is 1.49. The molecule has 0 aliphatic carbocycles. The summed E-state index contributed by atoms with van der Waals surface area (Å²) in [4.78, 5) is 8.11. The van der Waals surface area contributed by atoms with Crippen molar-refractivity contribution in [3.05, 3.63) is 29.3 Å². The fraction of sp³-hybridized carbons (Fsp3) is 0. The monoisotopic (exact) mass is 197 g/mol. The van der Waals surface area contributed by atoms with E-state index in [9.17, 15) is 0 Å². The molecule has 0 saturated carbocycles. The molecule has 0 fully saturated rings. The second-order valence-corrected chi connectivity index (χ2v) is 2.70. The summed E-state index contributed by atoms with van der Waals surface area (Å²) >= 11 is 3.25. The first kappa shape index (κ1) is 5.85. The van der Waals surface area contributed by atoms with E-state index in [-0.39, 0.29) is 0 Å². The maximum Gasteiger partial charge on any atom is 0.234 e. The van der Waals surface area contributed by atoms with E-state index in [1.807, 2.05) is 22.9 Å². The van der Waals surface area contributed by atoms with Crippen LogP contribution >= 0.6 is 15.9 Å². The highest BCUT2D eigenvalue weighted by atomic mass is 79.9. The number of imidazole rings is 1. The van der Waals surface area contributed by atoms with E-state index in [0.29, 0.717) is 0 Å². The molecule has 2 heterocycles. The Hall–Kier alpha value is -0.900. The number of rotatable bonds is 0. The van der Waals surface area contributed by atoms with Crippen LogP contribution in [0.3, 0.4) is 0 Å². The minimum absolute atomic E-state index is 0.717. The van der Waals surface area contributed by atoms with E-state index in [2.05, 4.69) is 25.9 Å². The van der Waals surface area contributed by atoms with Crippen LogP contribution in [-0.4, -0.2) is 14.4 Å². The van der Waals surface area contributed by atoms with Gasteiger partial charge >= 0.3 is 0 Å². The van der Waals surface area contributed by atoms with Gasteiger partial charge in [0.15, 0.2) is 0 Å². The van der Waals surface area contributed by atoms with Gasteiger partial charge in [0.1, 0.15) is 4.60 Å². The highest BCUT2D eigenvalue weighted by molar-refractivity contribution is 9.10. The molecule has 3 nitrogen and oxygen atoms in total. The van der Waals surface area contributed by atoms with Crippen LogP contribution in [0.4, 0.5) is 0 Å². The number of fused-ring (bicyclic) bond motifs is 1. The molecule has 0 aliphatic heterocycles. The Balaban J connectivity index is 2.86. The number of hydrogen-bond donors (Lipinski definition) is 0. The maximum atomic E-state index is 4.10. The number of aromatic nitrogens is 3. The van der Waals surface area contributed by atoms with Gasteiger partial charge in [0.2, 0.25) is 5.78 Å². The van der Waals surface area contributed by atoms with Gasteiger partial charge in [-0.15, -0.1) is 0 Å². The Morgan fingerprint density at radius 1 is 1.40 bits per heavy atom. The Morgan fingerprint density at radius 2 is 2.30 bits per heavy atom. The van der Waals surface area contributed by atoms with Crippen molar-refractivity contribution in [2.24, 2.45) is 0 Å². The van der Waals surface area contributed by atoms with Crippen LogP contribution in [0.2, 0.25) is 0 Å². The molecule has 0 N–H and O–H groups in total. The van der Waals surface area contributed by atoms with Gasteiger partial charge < -0.3 is 0 Å². The lowest BCUT2D eigenvalue weighted by molar-refractivity contribution is 1.09. The molecule has 0 amide bonds. The van der Waals surface area contributed by atoms with Gasteiger partial charge in [-0.1, -0.05) is 0 Å². The van der Waals surface area contributed by atoms with E-state index in [1.165, 1.54) is 0 Å². The Labute approximate surface area is 65.9 Å². The summed E-state index contributed by atoms with van der Waals surface area (Å²) in [5.41, 5.74) is 0. The SMILES string of the molecule is Brc1ccn2ccnc2n1. The zero-order valence-corrected chi connectivity index (χ0v) is 6.62. The zero-order valence-electron chi connectivity index (χ0n) is 5.03. The molecule has 0 atom stereocenters. The van der Waals surface area contributed by atoms with Gasteiger partial charge in [0, 0.05) is 18.6 Å². The molecule has 0 aromatic carbocycles. The highest BCUT2D eigenvalue weighted by Gasteiger charge is 1.93. The van der Waals surface area contributed by atoms with E-state index in [1.54, 1.807) is 6.20 Å². The third-order valence-electron chi connectivity index (χ3n) is 1.23. The average molecular weight is 198 g/mol. The normalized spacial score (nSPS) is 10.5. The molecular weight excluding hydrogens is 194 g/mol. The van der Waals surface area contributed by atoms with E-state index < -0.39 is 0 Å². The Kier molecular flexibility index (Phi) is 1.20. The predicted molar refractivity (Wildman–Crippen MR) is 40.7 cm³/mol. The standard InChI is InChI=1S/C6H4BrN3/c7-5-1-3-10-4-2-8-6(10)9-5/h1-4H. The van der Waals surface area contributed by atoms with E-state index in [0.717, 1.165) is 10.4 Å². The van der Waals surface area contributed by atoms with Gasteiger partial charge in [0.05, 0.1) is 0 Å². The van der Waals surface area contributed by atoms with Crippen LogP contribution in [0.5, 0.6) is 0 Å². The summed E-state index contributed by atoms with van der Waals surface area (Å²) in [7, 11) is 0. The van der Waals surface area contributed by atoms with Crippen molar-refractivity contribution >= 4 is 21.7 Å². The lowest BCUT2D eigenvalue weighted by Gasteiger charge is -1.90. The maximum absolute atomic E-state index is 4.10. The molecule has 10 heavy (non-hydrogen) atoms. The summed E-state index contributed by atoms with van der Waals surface area (Å²) < 4.78 is 2.66. The molecule has 0 bridgehead atoms. The van der Waals surface area contributed by atoms with Gasteiger partial charge in [-0.2, -0.15) is 0 Å². The first-order valence-electron chi connectivity index (χ1n) is 2.81. The summed E-state index contributed by atoms with van der Waals surface area (Å²) in [5, 5.41) is 0. The molecule has 2 aromatic heterocycles. The van der Waals surface area contributed by atoms with Gasteiger partial charge in [-0.05, 0) is 22.0 Å². The fourth-order valence-corrected chi connectivity index (χ4v) is 1.06. The van der Waals surface area contributed by atoms with Gasteiger partial charge in [0.25, 0.3) is 0 Å². The first-order chi connectivity index (χ1) is 4.86. The van der Waals surface area contributed by atoms with Crippen molar-refractivity contribution in [3.63, 3.8) is 0 Å². The number of nitrogens with zero attached hydrogens (tertiary/aromatic N) is 3. The fourth-order valence-electron chi connectivity index (χ4n) is 0.783. The van der Waals surface area contributed by atoms with Crippen LogP contribution in [0, 0.1) is 0 Å². The van der Waals surface area contributed by atoms with Crippen molar-refractivity contribution in [1.82, 2.24) is 14.4 Å². The Bertz CT molecular complexity index is 355. The van der Waals surface area contributed by atoms with Crippen LogP contribution in [0.1, 0.15) is 0 Å². The second kappa shape index (κ2) is 2.05. The summed E-state index contributed by atoms with van der Waals surface area (Å²) in [5.74, 6) is 0.717. The Morgan fingerprint density at radius 3 is 3.20 bits per heavy atom. The van der Waals surface area contributed by atoms with Gasteiger partial charge in [-0.25, -0.2) is 9.97 Å². The van der Waals surface area contributed by atoms with E-state index in [4.69, 9.17) is 0 Å². The topological polar surface area (TPSA) is 30.2 Å². The van der Waals surface area contributed by atoms with Crippen molar-refractivity contribution in [1.29, 1.82) is 0 Å². The minimum Gasteiger partial charge on any atom is -0.291 e. The van der Waals surface area contributed by atoms with Gasteiger partial charge in [-0.3, -0.25) is 4.40 Å². The second-order valence-electron chi connectivity index (χ2n) is 1.88. The molecule has 0 saturated heterocycles. The average Bonchev–Trinajstić information content (AvgIpc) is 2.33. The lowest BCUT2D eigenvalue weighted by Crippen LogP contribution is -1.85. The van der Waals surface area contributed by atoms with Crippen LogP contribution in [0.15, 0.2) is 29.3 Å². The van der Waals surface area contributed by atoms with Crippen LogP contribution < -0.4 is 0 Å². The highest BCUT2D eigenvalue weighted by Crippen LogP contribution is 2.05.